The number of rotatable bonds is 3. The van der Waals surface area contributed by atoms with Gasteiger partial charge < -0.3 is 10.4 Å². The number of hydrogen-bond donors (Lipinski definition) is 2. The highest BCUT2D eigenvalue weighted by atomic mass is 16.4. The molecule has 0 aromatic rings. The van der Waals surface area contributed by atoms with Crippen molar-refractivity contribution in [2.45, 2.75) is 57.4 Å². The van der Waals surface area contributed by atoms with Crippen LogP contribution in [0.25, 0.3) is 0 Å². The second-order valence-corrected chi connectivity index (χ2v) is 6.38. The summed E-state index contributed by atoms with van der Waals surface area (Å²) >= 11 is 0. The van der Waals surface area contributed by atoms with Crippen LogP contribution < -0.4 is 5.32 Å². The van der Waals surface area contributed by atoms with Crippen LogP contribution in [0.5, 0.6) is 0 Å². The molecule has 3 aliphatic carbocycles. The second kappa shape index (κ2) is 4.25. The summed E-state index contributed by atoms with van der Waals surface area (Å²) < 4.78 is 0. The Morgan fingerprint density at radius 2 is 1.89 bits per heavy atom. The van der Waals surface area contributed by atoms with Crippen LogP contribution in [-0.4, -0.2) is 23.0 Å². The molecule has 4 nitrogen and oxygen atoms in total. The Bertz CT molecular complexity index is 373. The molecule has 0 bridgehead atoms. The minimum Gasteiger partial charge on any atom is -0.481 e. The van der Waals surface area contributed by atoms with Crippen LogP contribution in [0.1, 0.15) is 51.4 Å². The third-order valence-corrected chi connectivity index (χ3v) is 5.23. The monoisotopic (exact) mass is 251 g/mol. The molecule has 0 saturated heterocycles. The maximum Gasteiger partial charge on any atom is 0.306 e. The summed E-state index contributed by atoms with van der Waals surface area (Å²) in [5.74, 6) is -0.558. The highest BCUT2D eigenvalue weighted by molar-refractivity contribution is 5.83. The normalized spacial score (nSPS) is 36.8. The van der Waals surface area contributed by atoms with Crippen molar-refractivity contribution in [3.8, 4) is 0 Å². The van der Waals surface area contributed by atoms with Crippen LogP contribution in [0.4, 0.5) is 0 Å². The third kappa shape index (κ3) is 2.02. The molecule has 0 aliphatic heterocycles. The Morgan fingerprint density at radius 1 is 1.17 bits per heavy atom. The smallest absolute Gasteiger partial charge is 0.306 e. The fourth-order valence-electron chi connectivity index (χ4n) is 3.99. The minimum absolute atomic E-state index is 0.0950. The largest absolute Gasteiger partial charge is 0.481 e. The molecular weight excluding hydrogens is 230 g/mol. The van der Waals surface area contributed by atoms with Crippen molar-refractivity contribution >= 4 is 11.9 Å². The average Bonchev–Trinajstić information content (AvgIpc) is 2.68. The lowest BCUT2D eigenvalue weighted by atomic mass is 10.0. The summed E-state index contributed by atoms with van der Waals surface area (Å²) in [7, 11) is 0. The summed E-state index contributed by atoms with van der Waals surface area (Å²) in [5, 5.41) is 12.0. The number of hydrogen-bond acceptors (Lipinski definition) is 2. The highest BCUT2D eigenvalue weighted by Crippen LogP contribution is 2.62. The van der Waals surface area contributed by atoms with E-state index in [1.54, 1.807) is 0 Å². The first-order valence-electron chi connectivity index (χ1n) is 7.14. The summed E-state index contributed by atoms with van der Waals surface area (Å²) in [6.45, 7) is 0. The fraction of sp³-hybridized carbons (Fsp3) is 0.857. The van der Waals surface area contributed by atoms with Gasteiger partial charge in [0, 0.05) is 12.0 Å². The predicted octanol–water partition coefficient (Wildman–Crippen LogP) is 1.94. The summed E-state index contributed by atoms with van der Waals surface area (Å²) in [6, 6.07) is 0.0950. The van der Waals surface area contributed by atoms with Gasteiger partial charge in [-0.1, -0.05) is 12.8 Å². The standard InChI is InChI=1S/C14H21NO3/c16-12(11-8-14(11)5-1-2-6-14)15-10-4-3-9(7-10)13(17)18/h9-11H,1-8H2,(H,15,16)(H,17,18)/t9-,10+,11?/m1/s1. The zero-order valence-corrected chi connectivity index (χ0v) is 10.7. The number of aliphatic carboxylic acids is 1. The van der Waals surface area contributed by atoms with E-state index in [-0.39, 0.29) is 23.8 Å². The van der Waals surface area contributed by atoms with Gasteiger partial charge in [-0.25, -0.2) is 0 Å². The molecule has 2 N–H and O–H groups in total. The molecule has 1 amide bonds. The summed E-state index contributed by atoms with van der Waals surface area (Å²) in [4.78, 5) is 23.0. The van der Waals surface area contributed by atoms with E-state index in [0.717, 1.165) is 12.8 Å². The first kappa shape index (κ1) is 12.0. The maximum atomic E-state index is 12.1. The molecule has 1 spiro atoms. The van der Waals surface area contributed by atoms with Gasteiger partial charge in [0.15, 0.2) is 0 Å². The molecule has 3 aliphatic rings. The van der Waals surface area contributed by atoms with Crippen LogP contribution in [-0.2, 0) is 9.59 Å². The Labute approximate surface area is 107 Å². The zero-order valence-electron chi connectivity index (χ0n) is 10.7. The van der Waals surface area contributed by atoms with Gasteiger partial charge in [-0.2, -0.15) is 0 Å². The Balaban J connectivity index is 1.49. The molecule has 3 rings (SSSR count). The number of nitrogens with one attached hydrogen (secondary N) is 1. The predicted molar refractivity (Wildman–Crippen MR) is 65.9 cm³/mol. The van der Waals surface area contributed by atoms with Gasteiger partial charge in [-0.3, -0.25) is 9.59 Å². The number of carboxylic acids is 1. The Kier molecular flexibility index (Phi) is 2.83. The van der Waals surface area contributed by atoms with Crippen molar-refractivity contribution in [1.82, 2.24) is 5.32 Å². The lowest BCUT2D eigenvalue weighted by Gasteiger charge is -2.14. The summed E-state index contributed by atoms with van der Waals surface area (Å²) in [6.07, 6.45) is 8.18. The number of carbonyl (C=O) groups excluding carboxylic acids is 1. The van der Waals surface area contributed by atoms with Crippen molar-refractivity contribution in [2.24, 2.45) is 17.3 Å². The van der Waals surface area contributed by atoms with E-state index in [1.807, 2.05) is 0 Å². The average molecular weight is 251 g/mol. The molecule has 0 heterocycles. The quantitative estimate of drug-likeness (QED) is 0.805. The van der Waals surface area contributed by atoms with Crippen molar-refractivity contribution in [3.63, 3.8) is 0 Å². The Hall–Kier alpha value is -1.06. The van der Waals surface area contributed by atoms with E-state index in [4.69, 9.17) is 5.11 Å². The molecule has 1 unspecified atom stereocenters. The molecule has 3 saturated carbocycles. The van der Waals surface area contributed by atoms with Gasteiger partial charge in [0.1, 0.15) is 0 Å². The zero-order chi connectivity index (χ0) is 12.8. The van der Waals surface area contributed by atoms with Gasteiger partial charge in [0.25, 0.3) is 0 Å². The summed E-state index contributed by atoms with van der Waals surface area (Å²) in [5.41, 5.74) is 0.342. The molecule has 100 valence electrons. The van der Waals surface area contributed by atoms with Crippen LogP contribution in [0.15, 0.2) is 0 Å². The first-order chi connectivity index (χ1) is 8.61. The van der Waals surface area contributed by atoms with Gasteiger partial charge in [-0.15, -0.1) is 0 Å². The SMILES string of the molecule is O=C(N[C@H]1CC[C@@H](C(=O)O)C1)C1CC12CCCC2. The van der Waals surface area contributed by atoms with Crippen molar-refractivity contribution in [1.29, 1.82) is 0 Å². The van der Waals surface area contributed by atoms with E-state index in [1.165, 1.54) is 25.7 Å². The number of carboxylic acid groups (broad SMARTS) is 1. The highest BCUT2D eigenvalue weighted by Gasteiger charge is 2.58. The topological polar surface area (TPSA) is 66.4 Å². The number of carbonyl (C=O) groups is 2. The van der Waals surface area contributed by atoms with Crippen molar-refractivity contribution < 1.29 is 14.7 Å². The molecule has 0 aromatic heterocycles. The Morgan fingerprint density at radius 3 is 2.50 bits per heavy atom. The molecule has 18 heavy (non-hydrogen) atoms. The van der Waals surface area contributed by atoms with E-state index >= 15 is 0 Å². The van der Waals surface area contributed by atoms with Crippen LogP contribution in [0.3, 0.4) is 0 Å². The van der Waals surface area contributed by atoms with Gasteiger partial charge >= 0.3 is 5.97 Å². The van der Waals surface area contributed by atoms with Crippen molar-refractivity contribution in [3.05, 3.63) is 0 Å². The third-order valence-electron chi connectivity index (χ3n) is 5.23. The lowest BCUT2D eigenvalue weighted by molar-refractivity contribution is -0.141. The van der Waals surface area contributed by atoms with E-state index in [9.17, 15) is 9.59 Å². The molecule has 4 heteroatoms. The van der Waals surface area contributed by atoms with Gasteiger partial charge in [0.05, 0.1) is 5.92 Å². The van der Waals surface area contributed by atoms with Crippen LogP contribution >= 0.6 is 0 Å². The molecule has 0 radical (unpaired) electrons. The van der Waals surface area contributed by atoms with Gasteiger partial charge in [-0.05, 0) is 43.9 Å². The maximum absolute atomic E-state index is 12.1. The first-order valence-corrected chi connectivity index (χ1v) is 7.14. The molecule has 3 fully saturated rings. The van der Waals surface area contributed by atoms with Crippen LogP contribution in [0.2, 0.25) is 0 Å². The molecular formula is C14H21NO3. The van der Waals surface area contributed by atoms with E-state index < -0.39 is 5.97 Å². The molecule has 0 aromatic carbocycles. The lowest BCUT2D eigenvalue weighted by Crippen LogP contribution is -2.35. The second-order valence-electron chi connectivity index (χ2n) is 6.38. The minimum atomic E-state index is -0.717. The fourth-order valence-corrected chi connectivity index (χ4v) is 3.99. The van der Waals surface area contributed by atoms with E-state index in [2.05, 4.69) is 5.32 Å². The van der Waals surface area contributed by atoms with E-state index in [0.29, 0.717) is 18.3 Å². The van der Waals surface area contributed by atoms with Gasteiger partial charge in [0.2, 0.25) is 5.91 Å². The van der Waals surface area contributed by atoms with Crippen molar-refractivity contribution in [2.75, 3.05) is 0 Å². The van der Waals surface area contributed by atoms with Crippen LogP contribution in [0, 0.1) is 17.3 Å². The number of amides is 1. The molecule has 3 atom stereocenters.